The SMILES string of the molecule is c1cc2c(c(Cc3ccc4c(c3)OCCO4)c1)NCCC2. The van der Waals surface area contributed by atoms with Gasteiger partial charge in [0.05, 0.1) is 0 Å². The van der Waals surface area contributed by atoms with Crippen molar-refractivity contribution in [2.75, 3.05) is 25.1 Å². The lowest BCUT2D eigenvalue weighted by Crippen LogP contribution is -2.15. The summed E-state index contributed by atoms with van der Waals surface area (Å²) in [6.07, 6.45) is 3.32. The molecule has 1 N–H and O–H groups in total. The van der Waals surface area contributed by atoms with Gasteiger partial charge in [-0.05, 0) is 48.1 Å². The summed E-state index contributed by atoms with van der Waals surface area (Å²) in [6, 6.07) is 12.9. The van der Waals surface area contributed by atoms with Crippen LogP contribution in [0.2, 0.25) is 0 Å². The van der Waals surface area contributed by atoms with Crippen molar-refractivity contribution < 1.29 is 9.47 Å². The fraction of sp³-hybridized carbons (Fsp3) is 0.333. The Hall–Kier alpha value is -2.16. The van der Waals surface area contributed by atoms with Crippen LogP contribution >= 0.6 is 0 Å². The molecule has 3 heteroatoms. The summed E-state index contributed by atoms with van der Waals surface area (Å²) in [4.78, 5) is 0. The van der Waals surface area contributed by atoms with Gasteiger partial charge in [0.1, 0.15) is 13.2 Å². The van der Waals surface area contributed by atoms with Crippen molar-refractivity contribution in [2.24, 2.45) is 0 Å². The molecule has 21 heavy (non-hydrogen) atoms. The molecule has 0 fully saturated rings. The summed E-state index contributed by atoms with van der Waals surface area (Å²) in [5.41, 5.74) is 5.40. The first-order valence-corrected chi connectivity index (χ1v) is 7.63. The van der Waals surface area contributed by atoms with Crippen LogP contribution in [-0.2, 0) is 12.8 Å². The van der Waals surface area contributed by atoms with E-state index in [0.29, 0.717) is 13.2 Å². The summed E-state index contributed by atoms with van der Waals surface area (Å²) in [5, 5.41) is 3.56. The molecule has 2 aliphatic heterocycles. The second kappa shape index (κ2) is 5.32. The summed E-state index contributed by atoms with van der Waals surface area (Å²) in [6.45, 7) is 2.35. The number of aryl methyl sites for hydroxylation is 1. The molecule has 0 amide bonds. The highest BCUT2D eigenvalue weighted by Gasteiger charge is 2.15. The van der Waals surface area contributed by atoms with Gasteiger partial charge in [-0.3, -0.25) is 0 Å². The van der Waals surface area contributed by atoms with E-state index in [1.165, 1.54) is 35.2 Å². The summed E-state index contributed by atoms with van der Waals surface area (Å²) >= 11 is 0. The number of ether oxygens (including phenoxy) is 2. The predicted octanol–water partition coefficient (Wildman–Crippen LogP) is 3.41. The largest absolute Gasteiger partial charge is 0.486 e. The fourth-order valence-electron chi connectivity index (χ4n) is 3.15. The van der Waals surface area contributed by atoms with E-state index < -0.39 is 0 Å². The Labute approximate surface area is 124 Å². The van der Waals surface area contributed by atoms with Gasteiger partial charge in [-0.2, -0.15) is 0 Å². The molecule has 0 unspecified atom stereocenters. The maximum absolute atomic E-state index is 5.67. The molecule has 0 aliphatic carbocycles. The first-order valence-electron chi connectivity index (χ1n) is 7.63. The zero-order valence-electron chi connectivity index (χ0n) is 12.0. The zero-order valence-corrected chi connectivity index (χ0v) is 12.0. The van der Waals surface area contributed by atoms with Gasteiger partial charge in [0.2, 0.25) is 0 Å². The van der Waals surface area contributed by atoms with Gasteiger partial charge >= 0.3 is 0 Å². The highest BCUT2D eigenvalue weighted by Crippen LogP contribution is 2.33. The minimum absolute atomic E-state index is 0.638. The van der Waals surface area contributed by atoms with Crippen LogP contribution in [0.15, 0.2) is 36.4 Å². The fourth-order valence-corrected chi connectivity index (χ4v) is 3.15. The molecule has 2 aromatic carbocycles. The van der Waals surface area contributed by atoms with Crippen molar-refractivity contribution in [3.05, 3.63) is 53.1 Å². The van der Waals surface area contributed by atoms with Crippen LogP contribution in [-0.4, -0.2) is 19.8 Å². The smallest absolute Gasteiger partial charge is 0.161 e. The Morgan fingerprint density at radius 2 is 1.90 bits per heavy atom. The predicted molar refractivity (Wildman–Crippen MR) is 83.5 cm³/mol. The molecule has 0 radical (unpaired) electrons. The molecular weight excluding hydrogens is 262 g/mol. The lowest BCUT2D eigenvalue weighted by molar-refractivity contribution is 0.171. The summed E-state index contributed by atoms with van der Waals surface area (Å²) in [7, 11) is 0. The second-order valence-electron chi connectivity index (χ2n) is 5.64. The third kappa shape index (κ3) is 2.44. The average Bonchev–Trinajstić information content (AvgIpc) is 2.55. The highest BCUT2D eigenvalue weighted by molar-refractivity contribution is 5.60. The first-order chi connectivity index (χ1) is 10.4. The molecule has 0 aromatic heterocycles. The van der Waals surface area contributed by atoms with Crippen LogP contribution in [0.4, 0.5) is 5.69 Å². The van der Waals surface area contributed by atoms with Crippen molar-refractivity contribution >= 4 is 5.69 Å². The van der Waals surface area contributed by atoms with Gasteiger partial charge in [-0.1, -0.05) is 24.3 Å². The van der Waals surface area contributed by atoms with Crippen LogP contribution in [0, 0.1) is 0 Å². The van der Waals surface area contributed by atoms with E-state index in [4.69, 9.17) is 9.47 Å². The van der Waals surface area contributed by atoms with E-state index in [2.05, 4.69) is 35.6 Å². The molecule has 2 heterocycles. The Morgan fingerprint density at radius 1 is 1.00 bits per heavy atom. The molecule has 0 bridgehead atoms. The molecule has 2 aromatic rings. The van der Waals surface area contributed by atoms with Gasteiger partial charge in [0.25, 0.3) is 0 Å². The minimum Gasteiger partial charge on any atom is -0.486 e. The van der Waals surface area contributed by atoms with Crippen LogP contribution in [0.5, 0.6) is 11.5 Å². The van der Waals surface area contributed by atoms with Crippen molar-refractivity contribution in [3.8, 4) is 11.5 Å². The van der Waals surface area contributed by atoms with E-state index in [-0.39, 0.29) is 0 Å². The summed E-state index contributed by atoms with van der Waals surface area (Å²) in [5.74, 6) is 1.73. The quantitative estimate of drug-likeness (QED) is 0.915. The van der Waals surface area contributed by atoms with E-state index >= 15 is 0 Å². The Morgan fingerprint density at radius 3 is 2.86 bits per heavy atom. The monoisotopic (exact) mass is 281 g/mol. The highest BCUT2D eigenvalue weighted by atomic mass is 16.6. The molecule has 0 atom stereocenters. The van der Waals surface area contributed by atoms with Crippen molar-refractivity contribution in [1.82, 2.24) is 0 Å². The standard InChI is InChI=1S/C18H19NO2/c1-3-14-5-2-8-19-18(14)15(4-1)11-13-6-7-16-17(12-13)21-10-9-20-16/h1,3-4,6-7,12,19H,2,5,8-11H2. The second-order valence-corrected chi connectivity index (χ2v) is 5.64. The summed E-state index contributed by atoms with van der Waals surface area (Å²) < 4.78 is 11.3. The average molecular weight is 281 g/mol. The Kier molecular flexibility index (Phi) is 3.18. The van der Waals surface area contributed by atoms with Gasteiger partial charge in [-0.25, -0.2) is 0 Å². The Balaban J connectivity index is 1.64. The lowest BCUT2D eigenvalue weighted by Gasteiger charge is -2.22. The molecule has 3 nitrogen and oxygen atoms in total. The van der Waals surface area contributed by atoms with Crippen molar-refractivity contribution in [2.45, 2.75) is 19.3 Å². The molecule has 0 saturated heterocycles. The Bertz CT molecular complexity index is 666. The van der Waals surface area contributed by atoms with Crippen LogP contribution in [0.25, 0.3) is 0 Å². The molecule has 0 spiro atoms. The number of rotatable bonds is 2. The van der Waals surface area contributed by atoms with Crippen molar-refractivity contribution in [1.29, 1.82) is 0 Å². The zero-order chi connectivity index (χ0) is 14.1. The molecule has 108 valence electrons. The third-order valence-electron chi connectivity index (χ3n) is 4.16. The molecule has 4 rings (SSSR count). The van der Waals surface area contributed by atoms with Crippen molar-refractivity contribution in [3.63, 3.8) is 0 Å². The van der Waals surface area contributed by atoms with Gasteiger partial charge in [0, 0.05) is 12.2 Å². The number of anilines is 1. The number of nitrogens with one attached hydrogen (secondary N) is 1. The van der Waals surface area contributed by atoms with E-state index in [9.17, 15) is 0 Å². The number of fused-ring (bicyclic) bond motifs is 2. The number of benzene rings is 2. The molecule has 0 saturated carbocycles. The van der Waals surface area contributed by atoms with E-state index in [1.54, 1.807) is 0 Å². The van der Waals surface area contributed by atoms with Crippen LogP contribution in [0.3, 0.4) is 0 Å². The van der Waals surface area contributed by atoms with Gasteiger partial charge < -0.3 is 14.8 Å². The van der Waals surface area contributed by atoms with E-state index in [1.807, 2.05) is 6.07 Å². The van der Waals surface area contributed by atoms with Gasteiger partial charge in [0.15, 0.2) is 11.5 Å². The topological polar surface area (TPSA) is 30.5 Å². The first kappa shape index (κ1) is 12.6. The van der Waals surface area contributed by atoms with Crippen LogP contribution in [0.1, 0.15) is 23.1 Å². The third-order valence-corrected chi connectivity index (χ3v) is 4.16. The molecular formula is C18H19NO2. The van der Waals surface area contributed by atoms with Crippen LogP contribution < -0.4 is 14.8 Å². The minimum atomic E-state index is 0.638. The maximum Gasteiger partial charge on any atom is 0.161 e. The molecule has 2 aliphatic rings. The van der Waals surface area contributed by atoms with E-state index in [0.717, 1.165) is 24.5 Å². The lowest BCUT2D eigenvalue weighted by atomic mass is 9.95. The number of hydrogen-bond donors (Lipinski definition) is 1. The number of hydrogen-bond acceptors (Lipinski definition) is 3. The maximum atomic E-state index is 5.67. The number of para-hydroxylation sites is 1. The van der Waals surface area contributed by atoms with Gasteiger partial charge in [-0.15, -0.1) is 0 Å². The normalized spacial score (nSPS) is 16.0.